The Balaban J connectivity index is 2.13. The number of halogens is 1. The lowest BCUT2D eigenvalue weighted by atomic mass is 10.1. The Morgan fingerprint density at radius 3 is 2.70 bits per heavy atom. The number of para-hydroxylation sites is 1. The molecular weight excluding hydrogens is 259 g/mol. The molecule has 0 aliphatic carbocycles. The molecule has 2 aromatic rings. The van der Waals surface area contributed by atoms with Gasteiger partial charge in [-0.1, -0.05) is 29.4 Å². The lowest BCUT2D eigenvalue weighted by Crippen LogP contribution is -2.13. The van der Waals surface area contributed by atoms with E-state index in [1.165, 1.54) is 6.07 Å². The molecule has 0 saturated heterocycles. The molecule has 0 heterocycles. The monoisotopic (exact) mass is 274 g/mol. The van der Waals surface area contributed by atoms with Crippen molar-refractivity contribution in [3.05, 3.63) is 65.0 Å². The van der Waals surface area contributed by atoms with Crippen molar-refractivity contribution >= 4 is 5.84 Å². The van der Waals surface area contributed by atoms with E-state index in [9.17, 15) is 4.39 Å². The van der Waals surface area contributed by atoms with Gasteiger partial charge in [0.1, 0.15) is 6.61 Å². The van der Waals surface area contributed by atoms with Crippen LogP contribution in [0.3, 0.4) is 0 Å². The van der Waals surface area contributed by atoms with Crippen molar-refractivity contribution in [2.75, 3.05) is 0 Å². The maximum Gasteiger partial charge on any atom is 0.170 e. The van der Waals surface area contributed by atoms with Crippen molar-refractivity contribution < 1.29 is 14.3 Å². The van der Waals surface area contributed by atoms with Crippen molar-refractivity contribution in [2.45, 2.75) is 13.5 Å². The van der Waals surface area contributed by atoms with Crippen LogP contribution in [0.25, 0.3) is 0 Å². The summed E-state index contributed by atoms with van der Waals surface area (Å²) in [6, 6.07) is 11.6. The van der Waals surface area contributed by atoms with Crippen LogP contribution >= 0.6 is 0 Å². The number of nitrogens with two attached hydrogens (primary N) is 1. The first-order valence-electron chi connectivity index (χ1n) is 6.06. The molecule has 0 spiro atoms. The van der Waals surface area contributed by atoms with Crippen LogP contribution in [0.4, 0.5) is 4.39 Å². The highest BCUT2D eigenvalue weighted by Crippen LogP contribution is 2.19. The Morgan fingerprint density at radius 2 is 2.05 bits per heavy atom. The van der Waals surface area contributed by atoms with Gasteiger partial charge in [0.2, 0.25) is 0 Å². The van der Waals surface area contributed by atoms with E-state index in [1.807, 2.05) is 13.0 Å². The van der Waals surface area contributed by atoms with E-state index in [0.717, 1.165) is 11.1 Å². The fourth-order valence-corrected chi connectivity index (χ4v) is 1.79. The highest BCUT2D eigenvalue weighted by Gasteiger charge is 2.06. The Labute approximate surface area is 116 Å². The van der Waals surface area contributed by atoms with Crippen molar-refractivity contribution in [3.63, 3.8) is 0 Å². The van der Waals surface area contributed by atoms with Crippen LogP contribution in [-0.2, 0) is 6.61 Å². The molecule has 0 amide bonds. The van der Waals surface area contributed by atoms with E-state index in [2.05, 4.69) is 5.16 Å². The summed E-state index contributed by atoms with van der Waals surface area (Å²) in [5, 5.41) is 11.6. The first-order valence-corrected chi connectivity index (χ1v) is 6.06. The molecule has 0 radical (unpaired) electrons. The molecule has 0 fully saturated rings. The normalized spacial score (nSPS) is 11.4. The zero-order valence-electron chi connectivity index (χ0n) is 11.0. The number of rotatable bonds is 4. The summed E-state index contributed by atoms with van der Waals surface area (Å²) < 4.78 is 18.9. The van der Waals surface area contributed by atoms with Gasteiger partial charge in [-0.05, 0) is 36.2 Å². The summed E-state index contributed by atoms with van der Waals surface area (Å²) in [4.78, 5) is 0. The SMILES string of the molecule is Cc1cc(/C(N)=N/O)ccc1COc1ccccc1F. The second-order valence-electron chi connectivity index (χ2n) is 4.35. The molecule has 0 saturated carbocycles. The van der Waals surface area contributed by atoms with Gasteiger partial charge in [0.15, 0.2) is 17.4 Å². The minimum Gasteiger partial charge on any atom is -0.486 e. The molecule has 0 atom stereocenters. The van der Waals surface area contributed by atoms with E-state index < -0.39 is 5.82 Å². The third-order valence-corrected chi connectivity index (χ3v) is 2.97. The Kier molecular flexibility index (Phi) is 4.20. The number of benzene rings is 2. The van der Waals surface area contributed by atoms with Crippen LogP contribution in [0.2, 0.25) is 0 Å². The van der Waals surface area contributed by atoms with Crippen molar-refractivity contribution in [3.8, 4) is 5.75 Å². The van der Waals surface area contributed by atoms with Crippen LogP contribution < -0.4 is 10.5 Å². The molecule has 4 nitrogen and oxygen atoms in total. The first kappa shape index (κ1) is 13.9. The molecule has 0 bridgehead atoms. The van der Waals surface area contributed by atoms with Crippen molar-refractivity contribution in [1.29, 1.82) is 0 Å². The second kappa shape index (κ2) is 6.06. The Morgan fingerprint density at radius 1 is 1.30 bits per heavy atom. The van der Waals surface area contributed by atoms with E-state index >= 15 is 0 Å². The minimum atomic E-state index is -0.390. The third-order valence-electron chi connectivity index (χ3n) is 2.97. The minimum absolute atomic E-state index is 0.0506. The fraction of sp³-hybridized carbons (Fsp3) is 0.133. The maximum atomic E-state index is 13.4. The molecular formula is C15H15FN2O2. The number of ether oxygens (including phenoxy) is 1. The van der Waals surface area contributed by atoms with Crippen LogP contribution in [0.15, 0.2) is 47.6 Å². The Hall–Kier alpha value is -2.56. The van der Waals surface area contributed by atoms with E-state index in [-0.39, 0.29) is 18.2 Å². The number of hydrogen-bond donors (Lipinski definition) is 2. The van der Waals surface area contributed by atoms with Gasteiger partial charge >= 0.3 is 0 Å². The zero-order chi connectivity index (χ0) is 14.5. The highest BCUT2D eigenvalue weighted by molar-refractivity contribution is 5.97. The van der Waals surface area contributed by atoms with Gasteiger partial charge in [0, 0.05) is 5.56 Å². The van der Waals surface area contributed by atoms with Gasteiger partial charge in [0.05, 0.1) is 0 Å². The zero-order valence-corrected chi connectivity index (χ0v) is 11.0. The van der Waals surface area contributed by atoms with E-state index in [1.54, 1.807) is 30.3 Å². The topological polar surface area (TPSA) is 67.8 Å². The van der Waals surface area contributed by atoms with E-state index in [4.69, 9.17) is 15.7 Å². The molecule has 2 rings (SSSR count). The van der Waals surface area contributed by atoms with Crippen LogP contribution in [0.5, 0.6) is 5.75 Å². The number of hydrogen-bond acceptors (Lipinski definition) is 3. The average molecular weight is 274 g/mol. The van der Waals surface area contributed by atoms with Gasteiger partial charge in [-0.25, -0.2) is 4.39 Å². The van der Waals surface area contributed by atoms with Gasteiger partial charge in [-0.3, -0.25) is 0 Å². The summed E-state index contributed by atoms with van der Waals surface area (Å²) in [7, 11) is 0. The number of nitrogens with zero attached hydrogens (tertiary/aromatic N) is 1. The smallest absolute Gasteiger partial charge is 0.170 e. The van der Waals surface area contributed by atoms with Gasteiger partial charge in [-0.2, -0.15) is 0 Å². The Bertz CT molecular complexity index is 642. The number of oxime groups is 1. The summed E-state index contributed by atoms with van der Waals surface area (Å²) in [6.07, 6.45) is 0. The van der Waals surface area contributed by atoms with Gasteiger partial charge in [0.25, 0.3) is 0 Å². The van der Waals surface area contributed by atoms with Crippen LogP contribution in [0, 0.1) is 12.7 Å². The molecule has 0 unspecified atom stereocenters. The molecule has 20 heavy (non-hydrogen) atoms. The second-order valence-corrected chi connectivity index (χ2v) is 4.35. The molecule has 104 valence electrons. The maximum absolute atomic E-state index is 13.4. The van der Waals surface area contributed by atoms with Gasteiger partial charge < -0.3 is 15.7 Å². The molecule has 0 aliphatic heterocycles. The first-order chi connectivity index (χ1) is 9.61. The molecule has 2 aromatic carbocycles. The summed E-state index contributed by atoms with van der Waals surface area (Å²) in [6.45, 7) is 2.14. The predicted molar refractivity (Wildman–Crippen MR) is 74.4 cm³/mol. The quantitative estimate of drug-likeness (QED) is 0.390. The lowest BCUT2D eigenvalue weighted by Gasteiger charge is -2.10. The largest absolute Gasteiger partial charge is 0.486 e. The van der Waals surface area contributed by atoms with Crippen LogP contribution in [0.1, 0.15) is 16.7 Å². The predicted octanol–water partition coefficient (Wildman–Crippen LogP) is 2.81. The lowest BCUT2D eigenvalue weighted by molar-refractivity contribution is 0.289. The van der Waals surface area contributed by atoms with E-state index in [0.29, 0.717) is 5.56 Å². The summed E-state index contributed by atoms with van der Waals surface area (Å²) in [5.74, 6) is -0.125. The molecule has 5 heteroatoms. The van der Waals surface area contributed by atoms with Crippen LogP contribution in [-0.4, -0.2) is 11.0 Å². The molecule has 3 N–H and O–H groups in total. The van der Waals surface area contributed by atoms with Gasteiger partial charge in [-0.15, -0.1) is 0 Å². The standard InChI is InChI=1S/C15H15FN2O2/c1-10-8-11(15(17)18-19)6-7-12(10)9-20-14-5-3-2-4-13(14)16/h2-8,19H,9H2,1H3,(H2,17,18). The summed E-state index contributed by atoms with van der Waals surface area (Å²) in [5.41, 5.74) is 7.97. The number of aryl methyl sites for hydroxylation is 1. The fourth-order valence-electron chi connectivity index (χ4n) is 1.79. The molecule has 0 aromatic heterocycles. The highest BCUT2D eigenvalue weighted by atomic mass is 19.1. The van der Waals surface area contributed by atoms with Crippen molar-refractivity contribution in [2.24, 2.45) is 10.9 Å². The third kappa shape index (κ3) is 3.06. The summed E-state index contributed by atoms with van der Waals surface area (Å²) >= 11 is 0. The number of amidine groups is 1. The van der Waals surface area contributed by atoms with Crippen molar-refractivity contribution in [1.82, 2.24) is 0 Å². The molecule has 0 aliphatic rings. The average Bonchev–Trinajstić information content (AvgIpc) is 2.46.